The SMILES string of the molecule is CN/C(=C\C(N)=Nc1ccc(OC)cc1)c1cc(-c2ccc(O)cc2)ccc1O. The maximum atomic E-state index is 10.4. The average molecular weight is 389 g/mol. The number of ether oxygens (including phenoxy) is 1. The van der Waals surface area contributed by atoms with Crippen LogP contribution in [0.3, 0.4) is 0 Å². The Morgan fingerprint density at radius 3 is 2.24 bits per heavy atom. The van der Waals surface area contributed by atoms with Gasteiger partial charge >= 0.3 is 0 Å². The number of methoxy groups -OCH3 is 1. The Kier molecular flexibility index (Phi) is 6.04. The minimum absolute atomic E-state index is 0.116. The van der Waals surface area contributed by atoms with Crippen molar-refractivity contribution in [3.05, 3.63) is 78.4 Å². The number of phenolic OH excluding ortho intramolecular Hbond substituents is 2. The summed E-state index contributed by atoms with van der Waals surface area (Å²) >= 11 is 0. The minimum atomic E-state index is 0.116. The molecule has 0 unspecified atom stereocenters. The molecule has 0 aromatic heterocycles. The van der Waals surface area contributed by atoms with Crippen molar-refractivity contribution >= 4 is 17.2 Å². The van der Waals surface area contributed by atoms with Crippen molar-refractivity contribution in [1.82, 2.24) is 5.32 Å². The number of aliphatic imine (C=N–C) groups is 1. The van der Waals surface area contributed by atoms with E-state index in [-0.39, 0.29) is 17.3 Å². The number of nitrogens with zero attached hydrogens (tertiary/aromatic N) is 1. The van der Waals surface area contributed by atoms with Crippen LogP contribution in [0.2, 0.25) is 0 Å². The number of nitrogens with two attached hydrogens (primary N) is 1. The summed E-state index contributed by atoms with van der Waals surface area (Å²) in [6, 6.07) is 19.4. The van der Waals surface area contributed by atoms with Crippen LogP contribution < -0.4 is 15.8 Å². The fourth-order valence-electron chi connectivity index (χ4n) is 2.86. The molecule has 0 aliphatic rings. The zero-order valence-electron chi connectivity index (χ0n) is 16.3. The standard InChI is InChI=1S/C23H23N3O3/c1-25-21(14-23(24)26-17-6-10-19(29-2)11-7-17)20-13-16(5-12-22(20)28)15-3-8-18(27)9-4-15/h3-14,25,27-28H,1-2H3,(H2,24,26)/b21-14-. The maximum absolute atomic E-state index is 10.4. The lowest BCUT2D eigenvalue weighted by Gasteiger charge is -2.12. The summed E-state index contributed by atoms with van der Waals surface area (Å²) in [5.74, 6) is 1.34. The number of nitrogens with one attached hydrogen (secondary N) is 1. The van der Waals surface area contributed by atoms with Gasteiger partial charge in [-0.2, -0.15) is 0 Å². The highest BCUT2D eigenvalue weighted by molar-refractivity contribution is 5.99. The Bertz CT molecular complexity index is 1040. The molecule has 0 saturated heterocycles. The molecule has 0 spiro atoms. The highest BCUT2D eigenvalue weighted by Gasteiger charge is 2.09. The molecule has 0 aliphatic carbocycles. The van der Waals surface area contributed by atoms with E-state index in [4.69, 9.17) is 10.5 Å². The van der Waals surface area contributed by atoms with Gasteiger partial charge in [-0.3, -0.25) is 0 Å². The average Bonchev–Trinajstić information content (AvgIpc) is 2.74. The maximum Gasteiger partial charge on any atom is 0.126 e. The van der Waals surface area contributed by atoms with E-state index in [1.807, 2.05) is 48.5 Å². The van der Waals surface area contributed by atoms with Gasteiger partial charge in [0.2, 0.25) is 0 Å². The molecule has 5 N–H and O–H groups in total. The molecule has 3 aromatic carbocycles. The van der Waals surface area contributed by atoms with Crippen LogP contribution >= 0.6 is 0 Å². The lowest BCUT2D eigenvalue weighted by Crippen LogP contribution is -2.13. The van der Waals surface area contributed by atoms with Crippen LogP contribution in [0.1, 0.15) is 5.56 Å². The Hall–Kier alpha value is -3.93. The van der Waals surface area contributed by atoms with E-state index in [9.17, 15) is 10.2 Å². The van der Waals surface area contributed by atoms with Gasteiger partial charge in [0.15, 0.2) is 0 Å². The molecule has 3 aromatic rings. The van der Waals surface area contributed by atoms with E-state index in [1.165, 1.54) is 0 Å². The van der Waals surface area contributed by atoms with Crippen LogP contribution in [0.5, 0.6) is 17.2 Å². The summed E-state index contributed by atoms with van der Waals surface area (Å²) in [6.45, 7) is 0. The van der Waals surface area contributed by atoms with Gasteiger partial charge in [-0.05, 0) is 59.7 Å². The number of aromatic hydroxyl groups is 2. The van der Waals surface area contributed by atoms with Crippen molar-refractivity contribution in [2.75, 3.05) is 14.2 Å². The van der Waals surface area contributed by atoms with Crippen molar-refractivity contribution in [3.63, 3.8) is 0 Å². The van der Waals surface area contributed by atoms with Gasteiger partial charge in [0.05, 0.1) is 12.8 Å². The van der Waals surface area contributed by atoms with Crippen molar-refractivity contribution in [1.29, 1.82) is 0 Å². The molecular weight excluding hydrogens is 366 g/mol. The molecule has 0 saturated carbocycles. The van der Waals surface area contributed by atoms with Crippen molar-refractivity contribution in [2.24, 2.45) is 10.7 Å². The molecule has 0 heterocycles. The smallest absolute Gasteiger partial charge is 0.126 e. The molecule has 148 valence electrons. The monoisotopic (exact) mass is 389 g/mol. The lowest BCUT2D eigenvalue weighted by atomic mass is 10.0. The zero-order chi connectivity index (χ0) is 20.8. The summed E-state index contributed by atoms with van der Waals surface area (Å²) in [5.41, 5.74) is 9.81. The molecular formula is C23H23N3O3. The normalized spacial score (nSPS) is 11.9. The van der Waals surface area contributed by atoms with Crippen molar-refractivity contribution in [2.45, 2.75) is 0 Å². The van der Waals surface area contributed by atoms with Gasteiger partial charge in [-0.25, -0.2) is 4.99 Å². The third kappa shape index (κ3) is 4.87. The second kappa shape index (κ2) is 8.84. The van der Waals surface area contributed by atoms with Gasteiger partial charge in [0.1, 0.15) is 23.1 Å². The highest BCUT2D eigenvalue weighted by Crippen LogP contribution is 2.30. The van der Waals surface area contributed by atoms with E-state index >= 15 is 0 Å². The van der Waals surface area contributed by atoms with Gasteiger partial charge in [-0.15, -0.1) is 0 Å². The Morgan fingerprint density at radius 1 is 0.966 bits per heavy atom. The molecule has 29 heavy (non-hydrogen) atoms. The Morgan fingerprint density at radius 2 is 1.62 bits per heavy atom. The van der Waals surface area contributed by atoms with Crippen molar-refractivity contribution < 1.29 is 14.9 Å². The van der Waals surface area contributed by atoms with E-state index in [2.05, 4.69) is 10.3 Å². The first-order valence-electron chi connectivity index (χ1n) is 9.00. The molecule has 0 radical (unpaired) electrons. The highest BCUT2D eigenvalue weighted by atomic mass is 16.5. The van der Waals surface area contributed by atoms with Gasteiger partial charge < -0.3 is 26.0 Å². The topological polar surface area (TPSA) is 100 Å². The second-order valence-corrected chi connectivity index (χ2v) is 6.32. The van der Waals surface area contributed by atoms with Crippen LogP contribution in [0.4, 0.5) is 5.69 Å². The lowest BCUT2D eigenvalue weighted by molar-refractivity contribution is 0.415. The quantitative estimate of drug-likeness (QED) is 0.377. The number of hydrogen-bond donors (Lipinski definition) is 4. The summed E-state index contributed by atoms with van der Waals surface area (Å²) in [6.07, 6.45) is 1.67. The first kappa shape index (κ1) is 19.8. The van der Waals surface area contributed by atoms with E-state index in [1.54, 1.807) is 38.4 Å². The third-order valence-corrected chi connectivity index (χ3v) is 4.38. The first-order chi connectivity index (χ1) is 14.0. The molecule has 0 aliphatic heterocycles. The fraction of sp³-hybridized carbons (Fsp3) is 0.0870. The van der Waals surface area contributed by atoms with Crippen LogP contribution in [-0.4, -0.2) is 30.2 Å². The Labute approximate surface area is 169 Å². The largest absolute Gasteiger partial charge is 0.508 e. The predicted octanol–water partition coefficient (Wildman–Crippen LogP) is 4.02. The molecule has 3 rings (SSSR count). The first-order valence-corrected chi connectivity index (χ1v) is 9.00. The predicted molar refractivity (Wildman–Crippen MR) is 117 cm³/mol. The summed E-state index contributed by atoms with van der Waals surface area (Å²) < 4.78 is 5.14. The molecule has 0 bridgehead atoms. The number of amidine groups is 1. The zero-order valence-corrected chi connectivity index (χ0v) is 16.3. The third-order valence-electron chi connectivity index (χ3n) is 4.38. The minimum Gasteiger partial charge on any atom is -0.508 e. The summed E-state index contributed by atoms with van der Waals surface area (Å²) in [4.78, 5) is 4.38. The summed E-state index contributed by atoms with van der Waals surface area (Å²) in [5, 5.41) is 22.9. The summed E-state index contributed by atoms with van der Waals surface area (Å²) in [7, 11) is 3.35. The van der Waals surface area contributed by atoms with Crippen LogP contribution in [0, 0.1) is 0 Å². The molecule has 0 amide bonds. The van der Waals surface area contributed by atoms with Gasteiger partial charge in [0.25, 0.3) is 0 Å². The number of phenols is 2. The number of hydrogen-bond acceptors (Lipinski definition) is 5. The molecule has 0 fully saturated rings. The van der Waals surface area contributed by atoms with E-state index in [0.29, 0.717) is 16.9 Å². The van der Waals surface area contributed by atoms with Crippen molar-refractivity contribution in [3.8, 4) is 28.4 Å². The van der Waals surface area contributed by atoms with Crippen LogP contribution in [0.15, 0.2) is 77.8 Å². The Balaban J connectivity index is 1.94. The molecule has 6 heteroatoms. The van der Waals surface area contributed by atoms with Gasteiger partial charge in [-0.1, -0.05) is 18.2 Å². The van der Waals surface area contributed by atoms with E-state index < -0.39 is 0 Å². The molecule has 6 nitrogen and oxygen atoms in total. The fourth-order valence-corrected chi connectivity index (χ4v) is 2.86. The van der Waals surface area contributed by atoms with Crippen LogP contribution in [-0.2, 0) is 0 Å². The number of rotatable bonds is 6. The number of benzene rings is 3. The van der Waals surface area contributed by atoms with Crippen LogP contribution in [0.25, 0.3) is 16.8 Å². The van der Waals surface area contributed by atoms with Gasteiger partial charge in [0, 0.05) is 24.4 Å². The van der Waals surface area contributed by atoms with E-state index in [0.717, 1.165) is 16.9 Å². The second-order valence-electron chi connectivity index (χ2n) is 6.32. The molecule has 0 atom stereocenters.